The van der Waals surface area contributed by atoms with E-state index >= 15 is 0 Å². The third kappa shape index (κ3) is 3.20. The van der Waals surface area contributed by atoms with Gasteiger partial charge in [-0.05, 0) is 12.8 Å². The first kappa shape index (κ1) is 10.4. The summed E-state index contributed by atoms with van der Waals surface area (Å²) in [5, 5.41) is 5.94. The minimum Gasteiger partial charge on any atom is -0.354 e. The summed E-state index contributed by atoms with van der Waals surface area (Å²) in [5.41, 5.74) is 0. The van der Waals surface area contributed by atoms with Crippen molar-refractivity contribution >= 4 is 11.8 Å². The summed E-state index contributed by atoms with van der Waals surface area (Å²) in [4.78, 5) is 24.5. The van der Waals surface area contributed by atoms with E-state index in [1.807, 2.05) is 0 Å². The number of carbonyl (C=O) groups is 2. The zero-order valence-electron chi connectivity index (χ0n) is 8.79. The van der Waals surface area contributed by atoms with Crippen molar-refractivity contribution in [2.24, 2.45) is 0 Å². The second-order valence-corrected chi connectivity index (χ2v) is 4.14. The van der Waals surface area contributed by atoms with Crippen LogP contribution >= 0.6 is 0 Å². The molecule has 0 aromatic rings. The molecule has 0 bridgehead atoms. The third-order valence-corrected chi connectivity index (χ3v) is 2.78. The van der Waals surface area contributed by atoms with Gasteiger partial charge in [-0.25, -0.2) is 0 Å². The Labute approximate surface area is 89.2 Å². The summed E-state index contributed by atoms with van der Waals surface area (Å²) in [6.07, 6.45) is 2.80. The van der Waals surface area contributed by atoms with Crippen molar-refractivity contribution in [3.8, 4) is 0 Å². The Hall–Kier alpha value is -1.10. The normalized spacial score (nSPS) is 22.1. The van der Waals surface area contributed by atoms with Gasteiger partial charge < -0.3 is 15.5 Å². The summed E-state index contributed by atoms with van der Waals surface area (Å²) in [6.45, 7) is 2.18. The highest BCUT2D eigenvalue weighted by Crippen LogP contribution is 2.18. The highest BCUT2D eigenvalue weighted by atomic mass is 16.2. The molecule has 0 aromatic carbocycles. The lowest BCUT2D eigenvalue weighted by atomic mass is 10.3. The molecule has 5 nitrogen and oxygen atoms in total. The fraction of sp³-hybridized carbons (Fsp3) is 0.800. The minimum atomic E-state index is 0.0421. The van der Waals surface area contributed by atoms with Crippen LogP contribution < -0.4 is 10.6 Å². The Morgan fingerprint density at radius 1 is 1.47 bits per heavy atom. The third-order valence-electron chi connectivity index (χ3n) is 2.78. The monoisotopic (exact) mass is 211 g/mol. The lowest BCUT2D eigenvalue weighted by molar-refractivity contribution is -0.130. The quantitative estimate of drug-likeness (QED) is 0.635. The van der Waals surface area contributed by atoms with Crippen molar-refractivity contribution in [2.45, 2.75) is 25.3 Å². The fourth-order valence-corrected chi connectivity index (χ4v) is 1.65. The Morgan fingerprint density at radius 2 is 2.27 bits per heavy atom. The van der Waals surface area contributed by atoms with E-state index in [1.165, 1.54) is 12.8 Å². The number of rotatable bonds is 3. The van der Waals surface area contributed by atoms with Crippen LogP contribution in [0.2, 0.25) is 0 Å². The standard InChI is InChI=1S/C10H17N3O2/c14-9-3-5-13(6-4-11-9)10(15)7-12-8-1-2-8/h8,12H,1-7H2,(H,11,14). The molecule has 1 aliphatic carbocycles. The molecule has 1 heterocycles. The smallest absolute Gasteiger partial charge is 0.236 e. The van der Waals surface area contributed by atoms with Gasteiger partial charge in [0.15, 0.2) is 0 Å². The SMILES string of the molecule is O=C1CCN(C(=O)CNC2CC2)CCN1. The first-order valence-corrected chi connectivity index (χ1v) is 5.53. The molecular weight excluding hydrogens is 194 g/mol. The number of hydrogen-bond donors (Lipinski definition) is 2. The highest BCUT2D eigenvalue weighted by Gasteiger charge is 2.23. The molecule has 0 aromatic heterocycles. The van der Waals surface area contributed by atoms with Crippen LogP contribution in [-0.4, -0.2) is 48.9 Å². The molecule has 1 saturated carbocycles. The van der Waals surface area contributed by atoms with Crippen molar-refractivity contribution in [3.05, 3.63) is 0 Å². The molecule has 1 saturated heterocycles. The summed E-state index contributed by atoms with van der Waals surface area (Å²) in [5.74, 6) is 0.152. The Bertz CT molecular complexity index is 263. The van der Waals surface area contributed by atoms with E-state index in [2.05, 4.69) is 10.6 Å². The molecule has 15 heavy (non-hydrogen) atoms. The zero-order valence-corrected chi connectivity index (χ0v) is 8.79. The molecule has 0 atom stereocenters. The predicted octanol–water partition coefficient (Wildman–Crippen LogP) is -0.913. The van der Waals surface area contributed by atoms with Gasteiger partial charge in [-0.2, -0.15) is 0 Å². The molecule has 2 aliphatic rings. The van der Waals surface area contributed by atoms with Gasteiger partial charge in [0.25, 0.3) is 0 Å². The second kappa shape index (κ2) is 4.61. The molecule has 2 N–H and O–H groups in total. The van der Waals surface area contributed by atoms with Gasteiger partial charge in [-0.15, -0.1) is 0 Å². The van der Waals surface area contributed by atoms with Crippen molar-refractivity contribution in [2.75, 3.05) is 26.2 Å². The van der Waals surface area contributed by atoms with E-state index in [1.54, 1.807) is 4.90 Å². The van der Waals surface area contributed by atoms with Crippen LogP contribution in [0.1, 0.15) is 19.3 Å². The Balaban J connectivity index is 1.74. The summed E-state index contributed by atoms with van der Waals surface area (Å²) >= 11 is 0. The molecule has 84 valence electrons. The van der Waals surface area contributed by atoms with Crippen molar-refractivity contribution < 1.29 is 9.59 Å². The number of carbonyl (C=O) groups excluding carboxylic acids is 2. The largest absolute Gasteiger partial charge is 0.354 e. The molecule has 2 fully saturated rings. The maximum absolute atomic E-state index is 11.7. The lowest BCUT2D eigenvalue weighted by Crippen LogP contribution is -2.40. The first-order valence-electron chi connectivity index (χ1n) is 5.53. The van der Waals surface area contributed by atoms with Crippen LogP contribution in [0.15, 0.2) is 0 Å². The van der Waals surface area contributed by atoms with E-state index in [-0.39, 0.29) is 11.8 Å². The van der Waals surface area contributed by atoms with Gasteiger partial charge in [-0.1, -0.05) is 0 Å². The molecule has 5 heteroatoms. The molecular formula is C10H17N3O2. The average molecular weight is 211 g/mol. The fourth-order valence-electron chi connectivity index (χ4n) is 1.65. The van der Waals surface area contributed by atoms with Gasteiger partial charge >= 0.3 is 0 Å². The van der Waals surface area contributed by atoms with Crippen LogP contribution in [0.3, 0.4) is 0 Å². The van der Waals surface area contributed by atoms with Crippen LogP contribution in [0.4, 0.5) is 0 Å². The number of nitrogens with one attached hydrogen (secondary N) is 2. The highest BCUT2D eigenvalue weighted by molar-refractivity contribution is 5.81. The number of amides is 2. The van der Waals surface area contributed by atoms with E-state index in [0.29, 0.717) is 38.6 Å². The summed E-state index contributed by atoms with van der Waals surface area (Å²) in [6, 6.07) is 0.556. The Kier molecular flexibility index (Phi) is 3.20. The van der Waals surface area contributed by atoms with Gasteiger partial charge in [0, 0.05) is 32.1 Å². The summed E-state index contributed by atoms with van der Waals surface area (Å²) < 4.78 is 0. The zero-order chi connectivity index (χ0) is 10.7. The van der Waals surface area contributed by atoms with E-state index in [0.717, 1.165) is 0 Å². The molecule has 0 spiro atoms. The maximum Gasteiger partial charge on any atom is 0.236 e. The van der Waals surface area contributed by atoms with E-state index in [9.17, 15) is 9.59 Å². The maximum atomic E-state index is 11.7. The Morgan fingerprint density at radius 3 is 3.00 bits per heavy atom. The van der Waals surface area contributed by atoms with Crippen LogP contribution in [0.25, 0.3) is 0 Å². The second-order valence-electron chi connectivity index (χ2n) is 4.14. The van der Waals surface area contributed by atoms with Crippen LogP contribution in [0.5, 0.6) is 0 Å². The lowest BCUT2D eigenvalue weighted by Gasteiger charge is -2.19. The van der Waals surface area contributed by atoms with Gasteiger partial charge in [0.05, 0.1) is 6.54 Å². The number of hydrogen-bond acceptors (Lipinski definition) is 3. The van der Waals surface area contributed by atoms with Gasteiger partial charge in [0.2, 0.25) is 11.8 Å². The van der Waals surface area contributed by atoms with Crippen molar-refractivity contribution in [1.29, 1.82) is 0 Å². The minimum absolute atomic E-state index is 0.0421. The summed E-state index contributed by atoms with van der Waals surface area (Å²) in [7, 11) is 0. The van der Waals surface area contributed by atoms with Crippen molar-refractivity contribution in [3.63, 3.8) is 0 Å². The predicted molar refractivity (Wildman–Crippen MR) is 55.2 cm³/mol. The van der Waals surface area contributed by atoms with Gasteiger partial charge in [0.1, 0.15) is 0 Å². The van der Waals surface area contributed by atoms with Crippen LogP contribution in [0, 0.1) is 0 Å². The molecule has 1 aliphatic heterocycles. The van der Waals surface area contributed by atoms with Gasteiger partial charge in [-0.3, -0.25) is 9.59 Å². The molecule has 2 amide bonds. The number of nitrogens with zero attached hydrogens (tertiary/aromatic N) is 1. The van der Waals surface area contributed by atoms with E-state index in [4.69, 9.17) is 0 Å². The topological polar surface area (TPSA) is 61.4 Å². The molecule has 0 radical (unpaired) electrons. The van der Waals surface area contributed by atoms with Crippen molar-refractivity contribution in [1.82, 2.24) is 15.5 Å². The average Bonchev–Trinajstić information content (AvgIpc) is 3.02. The molecule has 2 rings (SSSR count). The molecule has 0 unspecified atom stereocenters. The first-order chi connectivity index (χ1) is 7.25. The van der Waals surface area contributed by atoms with Crippen LogP contribution in [-0.2, 0) is 9.59 Å². The van der Waals surface area contributed by atoms with E-state index < -0.39 is 0 Å².